The van der Waals surface area contributed by atoms with Gasteiger partial charge in [0.05, 0.1) is 23.2 Å². The number of methoxy groups -OCH3 is 1. The van der Waals surface area contributed by atoms with Gasteiger partial charge in [-0.15, -0.1) is 0 Å². The molecule has 0 radical (unpaired) electrons. The van der Waals surface area contributed by atoms with Crippen molar-refractivity contribution in [1.29, 1.82) is 0 Å². The Morgan fingerprint density at radius 3 is 2.68 bits per heavy atom. The van der Waals surface area contributed by atoms with Crippen LogP contribution in [0.1, 0.15) is 13.0 Å². The van der Waals surface area contributed by atoms with Gasteiger partial charge in [0, 0.05) is 18.7 Å². The van der Waals surface area contributed by atoms with Crippen molar-refractivity contribution >= 4 is 16.5 Å². The van der Waals surface area contributed by atoms with Crippen molar-refractivity contribution in [3.05, 3.63) is 52.6 Å². The first-order valence-electron chi connectivity index (χ1n) is 7.61. The number of anilines is 1. The van der Waals surface area contributed by atoms with Gasteiger partial charge in [0.2, 0.25) is 0 Å². The zero-order valence-corrected chi connectivity index (χ0v) is 14.6. The molecular weight excluding hydrogens is 343 g/mol. The summed E-state index contributed by atoms with van der Waals surface area (Å²) in [7, 11) is 1.57. The molecule has 3 rings (SSSR count). The fraction of sp³-hybridized carbons (Fsp3) is 0.235. The molecule has 1 aromatic carbocycles. The van der Waals surface area contributed by atoms with E-state index in [0.29, 0.717) is 23.1 Å². The highest BCUT2D eigenvalue weighted by Gasteiger charge is 2.17. The highest BCUT2D eigenvalue weighted by molar-refractivity contribution is 7.19. The molecule has 8 heteroatoms. The van der Waals surface area contributed by atoms with Crippen molar-refractivity contribution < 1.29 is 9.13 Å². The van der Waals surface area contributed by atoms with Gasteiger partial charge in [-0.3, -0.25) is 4.79 Å². The number of nitrogen functional groups attached to an aromatic ring is 1. The zero-order chi connectivity index (χ0) is 18.0. The van der Waals surface area contributed by atoms with Gasteiger partial charge in [-0.05, 0) is 37.3 Å². The fourth-order valence-corrected chi connectivity index (χ4v) is 3.31. The van der Waals surface area contributed by atoms with Crippen molar-refractivity contribution in [1.82, 2.24) is 14.8 Å². The normalized spacial score (nSPS) is 12.3. The minimum atomic E-state index is -0.325. The fourth-order valence-electron chi connectivity index (χ4n) is 2.49. The molecule has 1 atom stereocenters. The van der Waals surface area contributed by atoms with Gasteiger partial charge in [-0.2, -0.15) is 5.10 Å². The molecule has 0 fully saturated rings. The maximum Gasteiger partial charge on any atom is 0.267 e. The maximum absolute atomic E-state index is 13.2. The molecule has 0 amide bonds. The lowest BCUT2D eigenvalue weighted by Crippen LogP contribution is -2.27. The number of halogens is 1. The molecule has 1 unspecified atom stereocenters. The van der Waals surface area contributed by atoms with Crippen LogP contribution in [0.25, 0.3) is 21.8 Å². The lowest BCUT2D eigenvalue weighted by Gasteiger charge is -2.13. The van der Waals surface area contributed by atoms with Crippen LogP contribution in [-0.4, -0.2) is 28.5 Å². The summed E-state index contributed by atoms with van der Waals surface area (Å²) >= 11 is 1.27. The monoisotopic (exact) mass is 360 g/mol. The summed E-state index contributed by atoms with van der Waals surface area (Å²) in [6, 6.07) is 8.88. The van der Waals surface area contributed by atoms with Crippen LogP contribution < -0.4 is 11.3 Å². The number of benzene rings is 1. The van der Waals surface area contributed by atoms with Crippen molar-refractivity contribution in [2.45, 2.75) is 13.0 Å². The number of nitrogens with two attached hydrogens (primary N) is 1. The Morgan fingerprint density at radius 1 is 1.28 bits per heavy atom. The minimum absolute atomic E-state index is 0.211. The Balaban J connectivity index is 2.10. The summed E-state index contributed by atoms with van der Waals surface area (Å²) in [5, 5.41) is 4.82. The second-order valence-electron chi connectivity index (χ2n) is 5.54. The number of aromatic nitrogens is 3. The van der Waals surface area contributed by atoms with Crippen molar-refractivity contribution in [3.8, 4) is 21.8 Å². The van der Waals surface area contributed by atoms with Crippen molar-refractivity contribution in [2.24, 2.45) is 0 Å². The van der Waals surface area contributed by atoms with Crippen LogP contribution in [0, 0.1) is 5.82 Å². The molecule has 0 aliphatic rings. The minimum Gasteiger partial charge on any atom is -0.382 e. The van der Waals surface area contributed by atoms with E-state index >= 15 is 0 Å². The lowest BCUT2D eigenvalue weighted by atomic mass is 10.1. The number of ether oxygens (including phenoxy) is 1. The van der Waals surface area contributed by atoms with E-state index in [1.54, 1.807) is 25.3 Å². The predicted octanol–water partition coefficient (Wildman–Crippen LogP) is 2.96. The van der Waals surface area contributed by atoms with E-state index in [2.05, 4.69) is 10.1 Å². The molecule has 0 aliphatic heterocycles. The van der Waals surface area contributed by atoms with E-state index in [9.17, 15) is 9.18 Å². The van der Waals surface area contributed by atoms with E-state index in [1.807, 2.05) is 6.92 Å². The summed E-state index contributed by atoms with van der Waals surface area (Å²) in [5.41, 5.74) is 7.58. The third kappa shape index (κ3) is 3.59. The Kier molecular flexibility index (Phi) is 4.91. The van der Waals surface area contributed by atoms with Crippen LogP contribution in [0.5, 0.6) is 0 Å². The average Bonchev–Trinajstić information content (AvgIpc) is 2.98. The van der Waals surface area contributed by atoms with Crippen molar-refractivity contribution in [3.63, 3.8) is 0 Å². The zero-order valence-electron chi connectivity index (χ0n) is 13.8. The summed E-state index contributed by atoms with van der Waals surface area (Å²) in [6.45, 7) is 2.22. The molecule has 0 spiro atoms. The van der Waals surface area contributed by atoms with Gasteiger partial charge in [-0.25, -0.2) is 14.1 Å². The van der Waals surface area contributed by atoms with Crippen LogP contribution in [0.2, 0.25) is 0 Å². The van der Waals surface area contributed by atoms with Gasteiger partial charge in [-0.1, -0.05) is 11.3 Å². The molecule has 3 aromatic rings. The van der Waals surface area contributed by atoms with Crippen LogP contribution in [-0.2, 0) is 4.74 Å². The largest absolute Gasteiger partial charge is 0.382 e. The standard InChI is InChI=1S/C17H17FN4O2S/c1-10(9-24-2)22-14(23)8-7-13(21-22)16-15(20-17(19)25-16)11-3-5-12(18)6-4-11/h3-8,10H,9H2,1-2H3,(H2,19,20). The highest BCUT2D eigenvalue weighted by atomic mass is 32.1. The predicted molar refractivity (Wildman–Crippen MR) is 96.0 cm³/mol. The van der Waals surface area contributed by atoms with E-state index in [0.717, 1.165) is 10.4 Å². The number of nitrogens with zero attached hydrogens (tertiary/aromatic N) is 3. The Hall–Kier alpha value is -2.58. The first kappa shape index (κ1) is 17.2. The topological polar surface area (TPSA) is 83.0 Å². The molecule has 6 nitrogen and oxygen atoms in total. The number of hydrogen-bond acceptors (Lipinski definition) is 6. The van der Waals surface area contributed by atoms with E-state index < -0.39 is 0 Å². The number of thiazole rings is 1. The molecule has 130 valence electrons. The molecule has 0 saturated carbocycles. The second-order valence-corrected chi connectivity index (χ2v) is 6.57. The average molecular weight is 360 g/mol. The summed E-state index contributed by atoms with van der Waals surface area (Å²) in [5.74, 6) is -0.325. The molecular formula is C17H17FN4O2S. The summed E-state index contributed by atoms with van der Waals surface area (Å²) < 4.78 is 19.7. The van der Waals surface area contributed by atoms with Gasteiger partial charge < -0.3 is 10.5 Å². The molecule has 2 N–H and O–H groups in total. The van der Waals surface area contributed by atoms with Crippen molar-refractivity contribution in [2.75, 3.05) is 19.5 Å². The number of rotatable bonds is 5. The SMILES string of the molecule is COCC(C)n1nc(-c2sc(N)nc2-c2ccc(F)cc2)ccc1=O. The highest BCUT2D eigenvalue weighted by Crippen LogP contribution is 2.36. The summed E-state index contributed by atoms with van der Waals surface area (Å²) in [6.07, 6.45) is 0. The molecule has 0 aliphatic carbocycles. The molecule has 25 heavy (non-hydrogen) atoms. The lowest BCUT2D eigenvalue weighted by molar-refractivity contribution is 0.155. The molecule has 2 heterocycles. The smallest absolute Gasteiger partial charge is 0.267 e. The van der Waals surface area contributed by atoms with Crippen LogP contribution in [0.15, 0.2) is 41.2 Å². The first-order chi connectivity index (χ1) is 12.0. The second kappa shape index (κ2) is 7.12. The van der Waals surface area contributed by atoms with E-state index in [1.165, 1.54) is 34.2 Å². The maximum atomic E-state index is 13.2. The van der Waals surface area contributed by atoms with Crippen LogP contribution in [0.3, 0.4) is 0 Å². The van der Waals surface area contributed by atoms with E-state index in [-0.39, 0.29) is 17.4 Å². The Labute approximate surface area is 147 Å². The van der Waals surface area contributed by atoms with Gasteiger partial charge in [0.15, 0.2) is 5.13 Å². The van der Waals surface area contributed by atoms with E-state index in [4.69, 9.17) is 10.5 Å². The van der Waals surface area contributed by atoms with Crippen LogP contribution >= 0.6 is 11.3 Å². The Bertz CT molecular complexity index is 937. The van der Waals surface area contributed by atoms with Gasteiger partial charge in [0.25, 0.3) is 5.56 Å². The van der Waals surface area contributed by atoms with Crippen LogP contribution in [0.4, 0.5) is 9.52 Å². The first-order valence-corrected chi connectivity index (χ1v) is 8.42. The third-order valence-electron chi connectivity index (χ3n) is 3.64. The molecule has 0 saturated heterocycles. The Morgan fingerprint density at radius 2 is 2.00 bits per heavy atom. The third-order valence-corrected chi connectivity index (χ3v) is 4.55. The number of hydrogen-bond donors (Lipinski definition) is 1. The molecule has 0 bridgehead atoms. The molecule has 2 aromatic heterocycles. The van der Waals surface area contributed by atoms with Gasteiger partial charge in [0.1, 0.15) is 11.5 Å². The summed E-state index contributed by atoms with van der Waals surface area (Å²) in [4.78, 5) is 17.1. The quantitative estimate of drug-likeness (QED) is 0.756. The van der Waals surface area contributed by atoms with Gasteiger partial charge >= 0.3 is 0 Å².